The van der Waals surface area contributed by atoms with Gasteiger partial charge in [-0.25, -0.2) is 0 Å². The number of ether oxygens (including phenoxy) is 1. The molecule has 38 heavy (non-hydrogen) atoms. The fourth-order valence-electron chi connectivity index (χ4n) is 5.05. The first-order valence-electron chi connectivity index (χ1n) is 12.9. The predicted molar refractivity (Wildman–Crippen MR) is 147 cm³/mol. The van der Waals surface area contributed by atoms with E-state index in [4.69, 9.17) is 4.74 Å². The van der Waals surface area contributed by atoms with E-state index in [2.05, 4.69) is 20.9 Å². The van der Waals surface area contributed by atoms with Gasteiger partial charge in [0.1, 0.15) is 0 Å². The predicted octanol–water partition coefficient (Wildman–Crippen LogP) is 4.38. The van der Waals surface area contributed by atoms with Crippen LogP contribution in [0, 0.1) is 19.8 Å². The zero-order valence-electron chi connectivity index (χ0n) is 21.8. The Balaban J connectivity index is 1.37. The minimum Gasteiger partial charge on any atom is -0.381 e. The maximum Gasteiger partial charge on any atom is 0.256 e. The van der Waals surface area contributed by atoms with Crippen molar-refractivity contribution in [1.82, 2.24) is 15.6 Å². The molecule has 196 valence electrons. The largest absolute Gasteiger partial charge is 0.381 e. The Morgan fingerprint density at radius 2 is 1.92 bits per heavy atom. The van der Waals surface area contributed by atoms with Crippen molar-refractivity contribution in [2.24, 2.45) is 5.92 Å². The summed E-state index contributed by atoms with van der Waals surface area (Å²) >= 11 is 0. The van der Waals surface area contributed by atoms with Gasteiger partial charge in [0.05, 0.1) is 23.8 Å². The zero-order chi connectivity index (χ0) is 26.8. The number of aryl methyl sites for hydroxylation is 1. The molecular formula is C30H32N4O4. The molecule has 0 bridgehead atoms. The third kappa shape index (κ3) is 5.13. The van der Waals surface area contributed by atoms with E-state index in [1.807, 2.05) is 51.1 Å². The SMILES string of the molecule is Cc1[nH]c(/C=C2\C(=O)Nc3ccc(C(=O)NC(C)c4ccccc4)cc32)c(C)c1C(=O)NCC1CCOC1. The number of benzene rings is 2. The standard InChI is InChI=1S/C30H32N4O4/c1-17-26(32-19(3)27(17)30(37)31-15-20-11-12-38-16-20)14-24-23-13-22(9-10-25(23)34-29(24)36)28(35)33-18(2)21-7-5-4-6-8-21/h4-10,13-14,18,20,32H,11-12,15-16H2,1-3H3,(H,31,37)(H,33,35)(H,34,36)/b24-14-. The lowest BCUT2D eigenvalue weighted by atomic mass is 10.0. The molecular weight excluding hydrogens is 480 g/mol. The fraction of sp³-hybridized carbons (Fsp3) is 0.300. The number of nitrogens with one attached hydrogen (secondary N) is 4. The van der Waals surface area contributed by atoms with E-state index in [1.165, 1.54) is 0 Å². The molecule has 1 fully saturated rings. The summed E-state index contributed by atoms with van der Waals surface area (Å²) in [6.45, 7) is 7.63. The molecule has 0 spiro atoms. The highest BCUT2D eigenvalue weighted by Crippen LogP contribution is 2.35. The molecule has 2 aliphatic rings. The van der Waals surface area contributed by atoms with Crippen molar-refractivity contribution in [3.63, 3.8) is 0 Å². The molecule has 2 aromatic carbocycles. The van der Waals surface area contributed by atoms with Crippen LogP contribution in [0.3, 0.4) is 0 Å². The molecule has 1 saturated heterocycles. The van der Waals surface area contributed by atoms with Crippen LogP contribution in [0.2, 0.25) is 0 Å². The van der Waals surface area contributed by atoms with Gasteiger partial charge in [0, 0.05) is 47.3 Å². The molecule has 2 atom stereocenters. The second-order valence-corrected chi connectivity index (χ2v) is 9.98. The van der Waals surface area contributed by atoms with Gasteiger partial charge in [-0.15, -0.1) is 0 Å². The van der Waals surface area contributed by atoms with Crippen LogP contribution in [0.25, 0.3) is 11.6 Å². The minimum atomic E-state index is -0.255. The lowest BCUT2D eigenvalue weighted by Crippen LogP contribution is -2.30. The lowest BCUT2D eigenvalue weighted by Gasteiger charge is -2.14. The molecule has 3 aromatic rings. The maximum absolute atomic E-state index is 13.0. The van der Waals surface area contributed by atoms with Gasteiger partial charge < -0.3 is 25.7 Å². The number of rotatable bonds is 7. The quantitative estimate of drug-likeness (QED) is 0.352. The second-order valence-electron chi connectivity index (χ2n) is 9.98. The summed E-state index contributed by atoms with van der Waals surface area (Å²) in [5, 5.41) is 8.91. The first-order valence-corrected chi connectivity index (χ1v) is 12.9. The van der Waals surface area contributed by atoms with Crippen molar-refractivity contribution in [3.8, 4) is 0 Å². The number of amides is 3. The molecule has 2 unspecified atom stereocenters. The summed E-state index contributed by atoms with van der Waals surface area (Å²) in [4.78, 5) is 42.1. The number of fused-ring (bicyclic) bond motifs is 1. The smallest absolute Gasteiger partial charge is 0.256 e. The molecule has 0 aliphatic carbocycles. The highest BCUT2D eigenvalue weighted by molar-refractivity contribution is 6.35. The molecule has 0 saturated carbocycles. The van der Waals surface area contributed by atoms with Gasteiger partial charge in [-0.2, -0.15) is 0 Å². The minimum absolute atomic E-state index is 0.143. The van der Waals surface area contributed by atoms with Crippen LogP contribution in [-0.4, -0.2) is 42.5 Å². The lowest BCUT2D eigenvalue weighted by molar-refractivity contribution is -0.110. The van der Waals surface area contributed by atoms with Crippen molar-refractivity contribution in [2.45, 2.75) is 33.2 Å². The van der Waals surface area contributed by atoms with Crippen molar-refractivity contribution in [2.75, 3.05) is 25.1 Å². The molecule has 4 N–H and O–H groups in total. The van der Waals surface area contributed by atoms with Gasteiger partial charge in [-0.3, -0.25) is 14.4 Å². The van der Waals surface area contributed by atoms with Crippen LogP contribution < -0.4 is 16.0 Å². The number of aromatic amines is 1. The number of carbonyl (C=O) groups is 3. The molecule has 8 nitrogen and oxygen atoms in total. The second kappa shape index (κ2) is 10.7. The number of carbonyl (C=O) groups excluding carboxylic acids is 3. The summed E-state index contributed by atoms with van der Waals surface area (Å²) in [7, 11) is 0. The molecule has 3 amide bonds. The van der Waals surface area contributed by atoms with Gasteiger partial charge >= 0.3 is 0 Å². The number of aromatic nitrogens is 1. The number of H-pyrrole nitrogens is 1. The molecule has 0 radical (unpaired) electrons. The molecule has 5 rings (SSSR count). The van der Waals surface area contributed by atoms with Crippen LogP contribution in [-0.2, 0) is 9.53 Å². The van der Waals surface area contributed by atoms with E-state index in [1.54, 1.807) is 24.3 Å². The van der Waals surface area contributed by atoms with Crippen LogP contribution in [0.1, 0.15) is 68.2 Å². The maximum atomic E-state index is 13.0. The Morgan fingerprint density at radius 1 is 1.13 bits per heavy atom. The Bertz CT molecular complexity index is 1420. The van der Waals surface area contributed by atoms with Crippen LogP contribution in [0.4, 0.5) is 5.69 Å². The van der Waals surface area contributed by atoms with E-state index < -0.39 is 0 Å². The number of hydrogen-bond acceptors (Lipinski definition) is 4. The van der Waals surface area contributed by atoms with E-state index in [-0.39, 0.29) is 23.8 Å². The van der Waals surface area contributed by atoms with Gasteiger partial charge in [0.15, 0.2) is 0 Å². The number of anilines is 1. The molecule has 3 heterocycles. The average molecular weight is 513 g/mol. The van der Waals surface area contributed by atoms with E-state index in [9.17, 15) is 14.4 Å². The van der Waals surface area contributed by atoms with Crippen LogP contribution in [0.15, 0.2) is 48.5 Å². The van der Waals surface area contributed by atoms with Crippen LogP contribution in [0.5, 0.6) is 0 Å². The molecule has 1 aromatic heterocycles. The first-order chi connectivity index (χ1) is 18.3. The zero-order valence-corrected chi connectivity index (χ0v) is 21.8. The Hall–Kier alpha value is -4.17. The molecule has 8 heteroatoms. The third-order valence-corrected chi connectivity index (χ3v) is 7.28. The van der Waals surface area contributed by atoms with E-state index in [0.717, 1.165) is 29.8 Å². The van der Waals surface area contributed by atoms with Gasteiger partial charge in [-0.1, -0.05) is 30.3 Å². The van der Waals surface area contributed by atoms with Gasteiger partial charge in [0.25, 0.3) is 17.7 Å². The van der Waals surface area contributed by atoms with Gasteiger partial charge in [-0.05, 0) is 62.6 Å². The first kappa shape index (κ1) is 25.5. The van der Waals surface area contributed by atoms with Crippen molar-refractivity contribution in [1.29, 1.82) is 0 Å². The van der Waals surface area contributed by atoms with Crippen molar-refractivity contribution in [3.05, 3.63) is 87.7 Å². The summed E-state index contributed by atoms with van der Waals surface area (Å²) in [6.07, 6.45) is 2.70. The normalized spacial score (nSPS) is 18.2. The Kier molecular flexibility index (Phi) is 7.15. The van der Waals surface area contributed by atoms with Crippen LogP contribution >= 0.6 is 0 Å². The van der Waals surface area contributed by atoms with Crippen molar-refractivity contribution < 1.29 is 19.1 Å². The number of hydrogen-bond donors (Lipinski definition) is 4. The van der Waals surface area contributed by atoms with Crippen molar-refractivity contribution >= 4 is 35.1 Å². The summed E-state index contributed by atoms with van der Waals surface area (Å²) in [6, 6.07) is 14.8. The highest BCUT2D eigenvalue weighted by Gasteiger charge is 2.27. The van der Waals surface area contributed by atoms with Gasteiger partial charge in [0.2, 0.25) is 0 Å². The Morgan fingerprint density at radius 3 is 2.66 bits per heavy atom. The topological polar surface area (TPSA) is 112 Å². The average Bonchev–Trinajstić information content (AvgIpc) is 3.61. The van der Waals surface area contributed by atoms with E-state index >= 15 is 0 Å². The fourth-order valence-corrected chi connectivity index (χ4v) is 5.05. The van der Waals surface area contributed by atoms with E-state index in [0.29, 0.717) is 52.7 Å². The molecule has 2 aliphatic heterocycles. The highest BCUT2D eigenvalue weighted by atomic mass is 16.5. The third-order valence-electron chi connectivity index (χ3n) is 7.28. The Labute approximate surface area is 221 Å². The summed E-state index contributed by atoms with van der Waals surface area (Å²) in [5.41, 5.74) is 5.96. The monoisotopic (exact) mass is 512 g/mol. The summed E-state index contributed by atoms with van der Waals surface area (Å²) in [5.74, 6) is -0.285. The summed E-state index contributed by atoms with van der Waals surface area (Å²) < 4.78 is 5.39.